The molecule has 1 aliphatic rings. The van der Waals surface area contributed by atoms with E-state index in [4.69, 9.17) is 4.74 Å². The fourth-order valence-electron chi connectivity index (χ4n) is 3.33. The van der Waals surface area contributed by atoms with Crippen LogP contribution in [-0.2, 0) is 0 Å². The van der Waals surface area contributed by atoms with Gasteiger partial charge in [-0.05, 0) is 50.1 Å². The van der Waals surface area contributed by atoms with Gasteiger partial charge in [0.25, 0.3) is 0 Å². The standard InChI is InChI=1S/C17H26FNO/c1-17(2)10-8-12(9-11-17)16(19-3)13-6-5-7-14(20-4)15(13)18/h5-7,12,16,19H,8-11H2,1-4H3. The Balaban J connectivity index is 2.21. The van der Waals surface area contributed by atoms with Gasteiger partial charge >= 0.3 is 0 Å². The molecule has 1 aliphatic carbocycles. The predicted octanol–water partition coefficient (Wildman–Crippen LogP) is 4.31. The molecule has 0 amide bonds. The average Bonchev–Trinajstić information content (AvgIpc) is 2.43. The Morgan fingerprint density at radius 1 is 1.30 bits per heavy atom. The smallest absolute Gasteiger partial charge is 0.169 e. The molecule has 0 spiro atoms. The summed E-state index contributed by atoms with van der Waals surface area (Å²) in [5.74, 6) is 0.604. The Bertz CT molecular complexity index is 448. The van der Waals surface area contributed by atoms with Crippen molar-refractivity contribution in [3.05, 3.63) is 29.6 Å². The second kappa shape index (κ2) is 6.13. The van der Waals surface area contributed by atoms with E-state index in [1.54, 1.807) is 6.07 Å². The Hall–Kier alpha value is -1.09. The van der Waals surface area contributed by atoms with Crippen molar-refractivity contribution in [3.63, 3.8) is 0 Å². The molecule has 0 aliphatic heterocycles. The highest BCUT2D eigenvalue weighted by atomic mass is 19.1. The fourth-order valence-corrected chi connectivity index (χ4v) is 3.33. The molecule has 1 unspecified atom stereocenters. The molecule has 1 saturated carbocycles. The molecule has 1 fully saturated rings. The summed E-state index contributed by atoms with van der Waals surface area (Å²) in [7, 11) is 3.43. The molecule has 20 heavy (non-hydrogen) atoms. The molecular formula is C17H26FNO. The van der Waals surface area contributed by atoms with Crippen molar-refractivity contribution in [2.45, 2.75) is 45.6 Å². The molecule has 1 aromatic rings. The van der Waals surface area contributed by atoms with Crippen LogP contribution in [0, 0.1) is 17.2 Å². The van der Waals surface area contributed by atoms with Crippen LogP contribution in [0.2, 0.25) is 0 Å². The van der Waals surface area contributed by atoms with Gasteiger partial charge in [0.15, 0.2) is 11.6 Å². The van der Waals surface area contributed by atoms with Gasteiger partial charge in [0, 0.05) is 11.6 Å². The molecule has 0 aromatic heterocycles. The summed E-state index contributed by atoms with van der Waals surface area (Å²) in [6.07, 6.45) is 4.72. The highest BCUT2D eigenvalue weighted by molar-refractivity contribution is 5.33. The van der Waals surface area contributed by atoms with Gasteiger partial charge in [0.05, 0.1) is 7.11 Å². The first-order chi connectivity index (χ1) is 9.48. The Kier molecular flexibility index (Phi) is 4.69. The molecule has 1 N–H and O–H groups in total. The minimum absolute atomic E-state index is 0.0706. The second-order valence-corrected chi connectivity index (χ2v) is 6.63. The molecule has 2 rings (SSSR count). The lowest BCUT2D eigenvalue weighted by atomic mass is 9.70. The quantitative estimate of drug-likeness (QED) is 0.886. The summed E-state index contributed by atoms with van der Waals surface area (Å²) < 4.78 is 19.5. The van der Waals surface area contributed by atoms with Gasteiger partial charge < -0.3 is 10.1 Å². The molecule has 3 heteroatoms. The summed E-state index contributed by atoms with van der Waals surface area (Å²) in [6.45, 7) is 4.65. The maximum absolute atomic E-state index is 14.5. The van der Waals surface area contributed by atoms with Crippen LogP contribution in [0.4, 0.5) is 4.39 Å². The van der Waals surface area contributed by atoms with E-state index >= 15 is 0 Å². The van der Waals surface area contributed by atoms with Gasteiger partial charge in [-0.15, -0.1) is 0 Å². The number of ether oxygens (including phenoxy) is 1. The van der Waals surface area contributed by atoms with Crippen molar-refractivity contribution >= 4 is 0 Å². The molecule has 1 aromatic carbocycles. The lowest BCUT2D eigenvalue weighted by Crippen LogP contribution is -2.31. The van der Waals surface area contributed by atoms with Gasteiger partial charge in [-0.25, -0.2) is 4.39 Å². The lowest BCUT2D eigenvalue weighted by molar-refractivity contribution is 0.162. The molecule has 2 nitrogen and oxygen atoms in total. The third kappa shape index (κ3) is 3.14. The monoisotopic (exact) mass is 279 g/mol. The number of benzene rings is 1. The molecule has 1 atom stereocenters. The lowest BCUT2D eigenvalue weighted by Gasteiger charge is -2.38. The summed E-state index contributed by atoms with van der Waals surface area (Å²) in [6, 6.07) is 5.49. The average molecular weight is 279 g/mol. The number of rotatable bonds is 4. The number of halogens is 1. The minimum atomic E-state index is -0.223. The highest BCUT2D eigenvalue weighted by Crippen LogP contribution is 2.43. The highest BCUT2D eigenvalue weighted by Gasteiger charge is 2.32. The minimum Gasteiger partial charge on any atom is -0.494 e. The van der Waals surface area contributed by atoms with Crippen LogP contribution in [0.1, 0.15) is 51.1 Å². The van der Waals surface area contributed by atoms with E-state index in [0.717, 1.165) is 18.4 Å². The van der Waals surface area contributed by atoms with Gasteiger partial charge in [-0.3, -0.25) is 0 Å². The van der Waals surface area contributed by atoms with Crippen molar-refractivity contribution in [1.29, 1.82) is 0 Å². The van der Waals surface area contributed by atoms with E-state index in [0.29, 0.717) is 17.1 Å². The van der Waals surface area contributed by atoms with Gasteiger partial charge in [-0.1, -0.05) is 26.0 Å². The molecular weight excluding hydrogens is 253 g/mol. The Labute approximate surface area is 121 Å². The first-order valence-corrected chi connectivity index (χ1v) is 7.48. The van der Waals surface area contributed by atoms with Crippen molar-refractivity contribution in [2.24, 2.45) is 11.3 Å². The Morgan fingerprint density at radius 2 is 1.95 bits per heavy atom. The van der Waals surface area contributed by atoms with E-state index < -0.39 is 0 Å². The van der Waals surface area contributed by atoms with Crippen LogP contribution in [0.3, 0.4) is 0 Å². The van der Waals surface area contributed by atoms with E-state index in [-0.39, 0.29) is 11.9 Å². The number of nitrogens with one attached hydrogen (secondary N) is 1. The van der Waals surface area contributed by atoms with E-state index in [1.807, 2.05) is 19.2 Å². The van der Waals surface area contributed by atoms with Crippen LogP contribution >= 0.6 is 0 Å². The zero-order chi connectivity index (χ0) is 14.8. The van der Waals surface area contributed by atoms with Crippen LogP contribution in [0.15, 0.2) is 18.2 Å². The summed E-state index contributed by atoms with van der Waals surface area (Å²) in [4.78, 5) is 0. The fraction of sp³-hybridized carbons (Fsp3) is 0.647. The van der Waals surface area contributed by atoms with Gasteiger partial charge in [-0.2, -0.15) is 0 Å². The third-order valence-corrected chi connectivity index (χ3v) is 4.71. The van der Waals surface area contributed by atoms with Crippen molar-refractivity contribution in [1.82, 2.24) is 5.32 Å². The van der Waals surface area contributed by atoms with Crippen molar-refractivity contribution < 1.29 is 9.13 Å². The summed E-state index contributed by atoms with van der Waals surface area (Å²) in [5.41, 5.74) is 1.17. The van der Waals surface area contributed by atoms with Crippen LogP contribution in [0.25, 0.3) is 0 Å². The first-order valence-electron chi connectivity index (χ1n) is 7.48. The summed E-state index contributed by atoms with van der Waals surface area (Å²) in [5, 5.41) is 3.31. The third-order valence-electron chi connectivity index (χ3n) is 4.71. The second-order valence-electron chi connectivity index (χ2n) is 6.63. The molecule has 112 valence electrons. The normalized spacial score (nSPS) is 20.6. The van der Waals surface area contributed by atoms with E-state index in [9.17, 15) is 4.39 Å². The topological polar surface area (TPSA) is 21.3 Å². The van der Waals surface area contributed by atoms with E-state index in [1.165, 1.54) is 20.0 Å². The van der Waals surface area contributed by atoms with E-state index in [2.05, 4.69) is 19.2 Å². The van der Waals surface area contributed by atoms with Crippen molar-refractivity contribution in [2.75, 3.05) is 14.2 Å². The maximum Gasteiger partial charge on any atom is 0.169 e. The zero-order valence-corrected chi connectivity index (χ0v) is 13.0. The largest absolute Gasteiger partial charge is 0.494 e. The molecule has 0 bridgehead atoms. The SMILES string of the molecule is CNC(c1cccc(OC)c1F)C1CCC(C)(C)CC1. The first kappa shape index (κ1) is 15.3. The maximum atomic E-state index is 14.5. The molecule has 0 heterocycles. The number of hydrogen-bond acceptors (Lipinski definition) is 2. The summed E-state index contributed by atoms with van der Waals surface area (Å²) >= 11 is 0. The van der Waals surface area contributed by atoms with Crippen LogP contribution in [-0.4, -0.2) is 14.2 Å². The zero-order valence-electron chi connectivity index (χ0n) is 13.0. The predicted molar refractivity (Wildman–Crippen MR) is 80.5 cm³/mol. The molecule has 0 saturated heterocycles. The van der Waals surface area contributed by atoms with Crippen LogP contribution < -0.4 is 10.1 Å². The van der Waals surface area contributed by atoms with Crippen LogP contribution in [0.5, 0.6) is 5.75 Å². The number of methoxy groups -OCH3 is 1. The number of hydrogen-bond donors (Lipinski definition) is 1. The molecule has 0 radical (unpaired) electrons. The van der Waals surface area contributed by atoms with Gasteiger partial charge in [0.2, 0.25) is 0 Å². The van der Waals surface area contributed by atoms with Crippen molar-refractivity contribution in [3.8, 4) is 5.75 Å². The Morgan fingerprint density at radius 3 is 2.50 bits per heavy atom. The van der Waals surface area contributed by atoms with Gasteiger partial charge in [0.1, 0.15) is 0 Å².